The van der Waals surface area contributed by atoms with Crippen LogP contribution in [0.25, 0.3) is 0 Å². The van der Waals surface area contributed by atoms with E-state index in [0.29, 0.717) is 0 Å². The van der Waals surface area contributed by atoms with Gasteiger partial charge in [-0.05, 0) is 0 Å². The summed E-state index contributed by atoms with van der Waals surface area (Å²) in [5.74, 6) is 0. The molecule has 10 heteroatoms. The van der Waals surface area contributed by atoms with Crippen molar-refractivity contribution in [1.82, 2.24) is 0 Å². The fourth-order valence-electron chi connectivity index (χ4n) is 0. The van der Waals surface area contributed by atoms with Crippen molar-refractivity contribution in [1.29, 1.82) is 0 Å². The molecule has 0 rings (SSSR count). The number of rotatable bonds is 0. The zero-order valence-corrected chi connectivity index (χ0v) is 15.1. The molecular formula is AlInO6SnZn. The van der Waals surface area contributed by atoms with Gasteiger partial charge in [-0.25, -0.2) is 0 Å². The Morgan fingerprint density at radius 3 is 0.500 bits per heavy atom. The monoisotopic (exact) mass is 422 g/mol. The minimum absolute atomic E-state index is 0. The minimum Gasteiger partial charge on any atom is -2.00 e. The first-order valence-electron chi connectivity index (χ1n) is 0. The van der Waals surface area contributed by atoms with Crippen LogP contribution in [-0.2, 0) is 52.3 Å². The third-order valence-corrected chi connectivity index (χ3v) is 0. The summed E-state index contributed by atoms with van der Waals surface area (Å²) in [7, 11) is 0. The van der Waals surface area contributed by atoms with Gasteiger partial charge in [-0.2, -0.15) is 0 Å². The maximum Gasteiger partial charge on any atom is 4.00 e. The van der Waals surface area contributed by atoms with Crippen LogP contribution in [0.3, 0.4) is 0 Å². The molecular weight excluding hydrogens is 422 g/mol. The van der Waals surface area contributed by atoms with Gasteiger partial charge >= 0.3 is 86.6 Å². The van der Waals surface area contributed by atoms with E-state index in [1.165, 1.54) is 0 Å². The smallest absolute Gasteiger partial charge is 2.00 e. The molecule has 0 aromatic rings. The van der Waals surface area contributed by atoms with E-state index < -0.39 is 0 Å². The second-order valence-electron chi connectivity index (χ2n) is 0. The molecule has 10 heavy (non-hydrogen) atoms. The van der Waals surface area contributed by atoms with E-state index in [1.54, 1.807) is 0 Å². The van der Waals surface area contributed by atoms with Crippen molar-refractivity contribution in [2.24, 2.45) is 0 Å². The molecule has 0 aromatic heterocycles. The normalized spacial score (nSPS) is 0. The van der Waals surface area contributed by atoms with Gasteiger partial charge in [0.2, 0.25) is 0 Å². The summed E-state index contributed by atoms with van der Waals surface area (Å²) in [5.41, 5.74) is 0. The van der Waals surface area contributed by atoms with Gasteiger partial charge in [-0.1, -0.05) is 0 Å². The molecule has 6 nitrogen and oxygen atoms in total. The molecule has 0 aliphatic carbocycles. The van der Waals surface area contributed by atoms with Gasteiger partial charge in [-0.3, -0.25) is 0 Å². The van der Waals surface area contributed by atoms with Crippen LogP contribution in [0.15, 0.2) is 0 Å². The average molecular weight is 422 g/mol. The van der Waals surface area contributed by atoms with E-state index in [4.69, 9.17) is 0 Å². The van der Waals surface area contributed by atoms with Gasteiger partial charge < -0.3 is 32.9 Å². The van der Waals surface area contributed by atoms with Crippen molar-refractivity contribution in [3.63, 3.8) is 0 Å². The van der Waals surface area contributed by atoms with Crippen molar-refractivity contribution < 1.29 is 52.3 Å². The van der Waals surface area contributed by atoms with E-state index in [1.807, 2.05) is 0 Å². The van der Waals surface area contributed by atoms with Crippen LogP contribution in [0.1, 0.15) is 0 Å². The van der Waals surface area contributed by atoms with Crippen LogP contribution < -0.4 is 0 Å². The zero-order chi connectivity index (χ0) is 0. The Kier molecular flexibility index (Phi) is 4910. The second kappa shape index (κ2) is 194. The van der Waals surface area contributed by atoms with Gasteiger partial charge in [0.15, 0.2) is 0 Å². The van der Waals surface area contributed by atoms with Crippen molar-refractivity contribution in [2.75, 3.05) is 0 Å². The first kappa shape index (κ1) is 253. The Balaban J connectivity index is 0. The van der Waals surface area contributed by atoms with Crippen LogP contribution in [-0.4, -0.2) is 67.1 Å². The summed E-state index contributed by atoms with van der Waals surface area (Å²) in [5, 5.41) is 0. The number of hydrogen-bond acceptors (Lipinski definition) is 0. The third kappa shape index (κ3) is 146. The molecule has 0 aliphatic heterocycles. The van der Waals surface area contributed by atoms with E-state index in [-0.39, 0.29) is 119 Å². The first-order chi connectivity index (χ1) is 0. The van der Waals surface area contributed by atoms with Gasteiger partial charge in [0.1, 0.15) is 0 Å². The Labute approximate surface area is 118 Å². The fraction of sp³-hybridized carbons (Fsp3) is 0. The summed E-state index contributed by atoms with van der Waals surface area (Å²) in [6, 6.07) is 0. The molecule has 0 fully saturated rings. The maximum absolute atomic E-state index is 0. The molecule has 0 heterocycles. The Bertz CT molecular complexity index is 17.7. The third-order valence-electron chi connectivity index (χ3n) is 0. The van der Waals surface area contributed by atoms with E-state index >= 15 is 0 Å². The molecule has 48 valence electrons. The van der Waals surface area contributed by atoms with Crippen molar-refractivity contribution in [3.05, 3.63) is 0 Å². The topological polar surface area (TPSA) is 171 Å². The molecule has 0 saturated heterocycles. The van der Waals surface area contributed by atoms with Crippen LogP contribution in [0, 0.1) is 0 Å². The molecule has 0 spiro atoms. The molecule has 0 radical (unpaired) electrons. The molecule has 0 aliphatic rings. The maximum atomic E-state index is 0. The molecule has 0 bridgehead atoms. The van der Waals surface area contributed by atoms with E-state index in [2.05, 4.69) is 0 Å². The Hall–Kier alpha value is 2.58. The van der Waals surface area contributed by atoms with Crippen LogP contribution in [0.4, 0.5) is 0 Å². The molecule has 0 saturated carbocycles. The van der Waals surface area contributed by atoms with Crippen LogP contribution >= 0.6 is 0 Å². The van der Waals surface area contributed by atoms with Gasteiger partial charge in [-0.15, -0.1) is 0 Å². The molecule has 0 atom stereocenters. The van der Waals surface area contributed by atoms with E-state index in [0.717, 1.165) is 0 Å². The second-order valence-corrected chi connectivity index (χ2v) is 0. The molecule has 0 amide bonds. The summed E-state index contributed by atoms with van der Waals surface area (Å²) in [6.45, 7) is 0. The van der Waals surface area contributed by atoms with Crippen molar-refractivity contribution in [3.8, 4) is 0 Å². The standard InChI is InChI=1S/Al.In.6O.Sn.Zn/q2*+3;6*-2;+4;+2. The van der Waals surface area contributed by atoms with Gasteiger partial charge in [0.05, 0.1) is 0 Å². The van der Waals surface area contributed by atoms with Crippen molar-refractivity contribution >= 4 is 67.1 Å². The SMILES string of the molecule is [Al+3].[In+3].[O-2].[O-2].[O-2].[O-2].[O-2].[O-2].[Sn+4].[Zn+2]. The number of hydrogen-bond donors (Lipinski definition) is 0. The molecule has 0 unspecified atom stereocenters. The van der Waals surface area contributed by atoms with Crippen LogP contribution in [0.5, 0.6) is 0 Å². The zero-order valence-electron chi connectivity index (χ0n) is 4.81. The van der Waals surface area contributed by atoms with Crippen LogP contribution in [0.2, 0.25) is 0 Å². The summed E-state index contributed by atoms with van der Waals surface area (Å²) in [6.07, 6.45) is 0. The predicted molar refractivity (Wildman–Crippen MR) is 21.4 cm³/mol. The molecule has 0 N–H and O–H groups in total. The quantitative estimate of drug-likeness (QED) is 0.400. The first-order valence-corrected chi connectivity index (χ1v) is 0. The van der Waals surface area contributed by atoms with Crippen molar-refractivity contribution in [2.45, 2.75) is 0 Å². The Morgan fingerprint density at radius 2 is 0.500 bits per heavy atom. The van der Waals surface area contributed by atoms with Gasteiger partial charge in [0.25, 0.3) is 0 Å². The summed E-state index contributed by atoms with van der Waals surface area (Å²) in [4.78, 5) is 0. The predicted octanol–water partition coefficient (Wildman–Crippen LogP) is -1.86. The summed E-state index contributed by atoms with van der Waals surface area (Å²) >= 11 is 0. The largest absolute Gasteiger partial charge is 4.00 e. The summed E-state index contributed by atoms with van der Waals surface area (Å²) < 4.78 is 0. The van der Waals surface area contributed by atoms with Gasteiger partial charge in [0, 0.05) is 0 Å². The average Bonchev–Trinajstić information content (AvgIpc) is 0. The minimum atomic E-state index is 0. The Morgan fingerprint density at radius 1 is 0.500 bits per heavy atom. The van der Waals surface area contributed by atoms with E-state index in [9.17, 15) is 0 Å². The molecule has 0 aromatic carbocycles. The fourth-order valence-corrected chi connectivity index (χ4v) is 0.